The van der Waals surface area contributed by atoms with Crippen molar-refractivity contribution < 1.29 is 17.9 Å². The summed E-state index contributed by atoms with van der Waals surface area (Å²) >= 11 is 11.8. The molecule has 2 aromatic carbocycles. The van der Waals surface area contributed by atoms with E-state index in [1.54, 1.807) is 49.4 Å². The second-order valence-electron chi connectivity index (χ2n) is 5.63. The van der Waals surface area contributed by atoms with Crippen LogP contribution in [-0.4, -0.2) is 33.7 Å². The second kappa shape index (κ2) is 8.16. The number of benzene rings is 2. The summed E-state index contributed by atoms with van der Waals surface area (Å²) in [7, 11) is -1.88. The molecular weight excluding hydrogens is 399 g/mol. The Morgan fingerprint density at radius 1 is 1.12 bits per heavy atom. The molecule has 0 fully saturated rings. The van der Waals surface area contributed by atoms with Crippen molar-refractivity contribution in [3.05, 3.63) is 52.5 Å². The van der Waals surface area contributed by atoms with Crippen LogP contribution in [0, 0.1) is 0 Å². The number of nitrogens with one attached hydrogen (secondary N) is 1. The van der Waals surface area contributed by atoms with Crippen LogP contribution in [0.1, 0.15) is 6.92 Å². The largest absolute Gasteiger partial charge is 0.481 e. The fourth-order valence-corrected chi connectivity index (χ4v) is 3.08. The average molecular weight is 417 g/mol. The number of rotatable bonds is 6. The van der Waals surface area contributed by atoms with E-state index in [1.807, 2.05) is 0 Å². The molecule has 0 bridgehead atoms. The minimum atomic E-state index is -3.34. The zero-order chi connectivity index (χ0) is 19.5. The summed E-state index contributed by atoms with van der Waals surface area (Å²) in [4.78, 5) is 12.2. The van der Waals surface area contributed by atoms with E-state index >= 15 is 0 Å². The molecule has 0 spiro atoms. The number of hydrogen-bond acceptors (Lipinski definition) is 4. The number of sulfonamides is 1. The Balaban J connectivity index is 2.02. The van der Waals surface area contributed by atoms with Crippen LogP contribution in [0.2, 0.25) is 10.0 Å². The number of carbonyl (C=O) groups excluding carboxylic acids is 1. The molecule has 0 aliphatic carbocycles. The summed E-state index contributed by atoms with van der Waals surface area (Å²) in [5, 5.41) is 3.49. The molecule has 0 aliphatic heterocycles. The highest BCUT2D eigenvalue weighted by Gasteiger charge is 2.16. The van der Waals surface area contributed by atoms with Crippen LogP contribution in [-0.2, 0) is 14.8 Å². The molecule has 6 nitrogen and oxygen atoms in total. The highest BCUT2D eigenvalue weighted by Crippen LogP contribution is 2.24. The normalized spacial score (nSPS) is 12.3. The van der Waals surface area contributed by atoms with Gasteiger partial charge >= 0.3 is 0 Å². The molecule has 0 heterocycles. The van der Waals surface area contributed by atoms with Crippen LogP contribution < -0.4 is 14.4 Å². The molecule has 26 heavy (non-hydrogen) atoms. The van der Waals surface area contributed by atoms with Crippen molar-refractivity contribution in [2.75, 3.05) is 22.9 Å². The highest BCUT2D eigenvalue weighted by atomic mass is 35.5. The van der Waals surface area contributed by atoms with Crippen LogP contribution in [0.3, 0.4) is 0 Å². The van der Waals surface area contributed by atoms with E-state index in [0.717, 1.165) is 10.6 Å². The van der Waals surface area contributed by atoms with E-state index in [4.69, 9.17) is 27.9 Å². The third-order valence-electron chi connectivity index (χ3n) is 3.51. The van der Waals surface area contributed by atoms with E-state index in [0.29, 0.717) is 27.2 Å². The Hall–Kier alpha value is -1.96. The highest BCUT2D eigenvalue weighted by molar-refractivity contribution is 7.92. The van der Waals surface area contributed by atoms with Crippen molar-refractivity contribution in [1.82, 2.24) is 0 Å². The van der Waals surface area contributed by atoms with Gasteiger partial charge in [0.15, 0.2) is 6.10 Å². The number of ether oxygens (including phenoxy) is 1. The molecule has 2 aromatic rings. The summed E-state index contributed by atoms with van der Waals surface area (Å²) in [5.74, 6) is 0.0584. The lowest BCUT2D eigenvalue weighted by molar-refractivity contribution is -0.122. The fourth-order valence-electron chi connectivity index (χ4n) is 2.05. The quantitative estimate of drug-likeness (QED) is 0.776. The smallest absolute Gasteiger partial charge is 0.265 e. The Bertz CT molecular complexity index is 881. The fraction of sp³-hybridized carbons (Fsp3) is 0.235. The third-order valence-corrected chi connectivity index (χ3v) is 5.15. The Labute approximate surface area is 162 Å². The molecule has 1 unspecified atom stereocenters. The molecule has 0 aromatic heterocycles. The van der Waals surface area contributed by atoms with Gasteiger partial charge < -0.3 is 10.1 Å². The first-order valence-electron chi connectivity index (χ1n) is 7.54. The van der Waals surface area contributed by atoms with E-state index in [1.165, 1.54) is 7.05 Å². The summed E-state index contributed by atoms with van der Waals surface area (Å²) in [6.07, 6.45) is 0.331. The zero-order valence-corrected chi connectivity index (χ0v) is 16.7. The van der Waals surface area contributed by atoms with Gasteiger partial charge in [0.2, 0.25) is 10.0 Å². The SMILES string of the molecule is CC(Oc1ccc(N(C)S(C)(=O)=O)cc1)C(=O)Nc1cc(Cl)cc(Cl)c1. The summed E-state index contributed by atoms with van der Waals surface area (Å²) in [5.41, 5.74) is 0.957. The van der Waals surface area contributed by atoms with Gasteiger partial charge in [-0.25, -0.2) is 8.42 Å². The molecule has 0 aliphatic rings. The van der Waals surface area contributed by atoms with Gasteiger partial charge in [-0.15, -0.1) is 0 Å². The van der Waals surface area contributed by atoms with E-state index in [2.05, 4.69) is 5.32 Å². The van der Waals surface area contributed by atoms with Crippen LogP contribution >= 0.6 is 23.2 Å². The van der Waals surface area contributed by atoms with Gasteiger partial charge in [0.05, 0.1) is 11.9 Å². The van der Waals surface area contributed by atoms with Crippen molar-refractivity contribution in [2.24, 2.45) is 0 Å². The Kier molecular flexibility index (Phi) is 6.39. The Morgan fingerprint density at radius 3 is 2.15 bits per heavy atom. The van der Waals surface area contributed by atoms with Crippen LogP contribution in [0.25, 0.3) is 0 Å². The van der Waals surface area contributed by atoms with E-state index in [-0.39, 0.29) is 5.91 Å². The summed E-state index contributed by atoms with van der Waals surface area (Å²) in [6.45, 7) is 1.60. The number of amides is 1. The van der Waals surface area contributed by atoms with Gasteiger partial charge in [-0.2, -0.15) is 0 Å². The molecule has 2 rings (SSSR count). The summed E-state index contributed by atoms with van der Waals surface area (Å²) in [6, 6.07) is 11.1. The van der Waals surface area contributed by atoms with Gasteiger partial charge in [0.1, 0.15) is 5.75 Å². The molecule has 1 N–H and O–H groups in total. The molecule has 1 atom stereocenters. The van der Waals surface area contributed by atoms with Crippen molar-refractivity contribution in [2.45, 2.75) is 13.0 Å². The van der Waals surface area contributed by atoms with Gasteiger partial charge in [-0.3, -0.25) is 9.10 Å². The molecule has 140 valence electrons. The zero-order valence-electron chi connectivity index (χ0n) is 14.4. The van der Waals surface area contributed by atoms with Gasteiger partial charge in [0.25, 0.3) is 5.91 Å². The minimum absolute atomic E-state index is 0.374. The standard InChI is InChI=1S/C17H18Cl2N2O4S/c1-11(17(22)20-14-9-12(18)8-13(19)10-14)25-16-6-4-15(5-7-16)21(2)26(3,23)24/h4-11H,1-3H3,(H,20,22). The monoisotopic (exact) mass is 416 g/mol. The maximum Gasteiger partial charge on any atom is 0.265 e. The average Bonchev–Trinajstić information content (AvgIpc) is 2.53. The van der Waals surface area contributed by atoms with Gasteiger partial charge in [-0.1, -0.05) is 23.2 Å². The lowest BCUT2D eigenvalue weighted by atomic mass is 10.2. The van der Waals surface area contributed by atoms with Crippen LogP contribution in [0.4, 0.5) is 11.4 Å². The maximum absolute atomic E-state index is 12.2. The first-order valence-corrected chi connectivity index (χ1v) is 10.1. The van der Waals surface area contributed by atoms with Crippen LogP contribution in [0.15, 0.2) is 42.5 Å². The number of halogens is 2. The molecule has 0 saturated carbocycles. The number of hydrogen-bond donors (Lipinski definition) is 1. The Morgan fingerprint density at radius 2 is 1.65 bits per heavy atom. The van der Waals surface area contributed by atoms with Crippen molar-refractivity contribution >= 4 is 50.5 Å². The lowest BCUT2D eigenvalue weighted by Crippen LogP contribution is -2.30. The predicted octanol–water partition coefficient (Wildman–Crippen LogP) is 3.80. The van der Waals surface area contributed by atoms with Gasteiger partial charge in [0, 0.05) is 22.8 Å². The first kappa shape index (κ1) is 20.4. The van der Waals surface area contributed by atoms with Crippen molar-refractivity contribution in [3.63, 3.8) is 0 Å². The van der Waals surface area contributed by atoms with Crippen LogP contribution in [0.5, 0.6) is 5.75 Å². The molecule has 1 amide bonds. The predicted molar refractivity (Wildman–Crippen MR) is 105 cm³/mol. The third kappa shape index (κ3) is 5.52. The second-order valence-corrected chi connectivity index (χ2v) is 8.52. The minimum Gasteiger partial charge on any atom is -0.481 e. The van der Waals surface area contributed by atoms with Gasteiger partial charge in [-0.05, 0) is 49.4 Å². The summed E-state index contributed by atoms with van der Waals surface area (Å²) < 4.78 is 29.8. The molecule has 0 radical (unpaired) electrons. The topological polar surface area (TPSA) is 75.7 Å². The van der Waals surface area contributed by atoms with E-state index < -0.39 is 16.1 Å². The maximum atomic E-state index is 12.2. The number of nitrogens with zero attached hydrogens (tertiary/aromatic N) is 1. The van der Waals surface area contributed by atoms with Crippen molar-refractivity contribution in [3.8, 4) is 5.75 Å². The van der Waals surface area contributed by atoms with Crippen molar-refractivity contribution in [1.29, 1.82) is 0 Å². The first-order chi connectivity index (χ1) is 12.1. The number of carbonyl (C=O) groups is 1. The lowest BCUT2D eigenvalue weighted by Gasteiger charge is -2.18. The number of anilines is 2. The molecular formula is C17H18Cl2N2O4S. The van der Waals surface area contributed by atoms with E-state index in [9.17, 15) is 13.2 Å². The molecule has 9 heteroatoms. The molecule has 0 saturated heterocycles.